The van der Waals surface area contributed by atoms with Crippen LogP contribution in [0.1, 0.15) is 42.4 Å². The molecule has 0 atom stereocenters. The van der Waals surface area contributed by atoms with Gasteiger partial charge in [-0.1, -0.05) is 17.7 Å². The van der Waals surface area contributed by atoms with Crippen LogP contribution in [0.15, 0.2) is 22.1 Å². The lowest BCUT2D eigenvalue weighted by Gasteiger charge is -2.31. The van der Waals surface area contributed by atoms with Crippen LogP contribution in [0.5, 0.6) is 0 Å². The molecule has 6 nitrogen and oxygen atoms in total. The Morgan fingerprint density at radius 3 is 2.12 bits per heavy atom. The highest BCUT2D eigenvalue weighted by Gasteiger charge is 2.39. The van der Waals surface area contributed by atoms with Crippen LogP contribution in [0.3, 0.4) is 0 Å². The van der Waals surface area contributed by atoms with Crippen molar-refractivity contribution in [3.8, 4) is 0 Å². The number of rotatable bonds is 3. The second kappa shape index (κ2) is 6.46. The molecule has 1 aliphatic carbocycles. The molecular formula is C17H24N2O4S. The molecule has 132 valence electrons. The molecule has 1 heterocycles. The highest BCUT2D eigenvalue weighted by molar-refractivity contribution is 7.89. The van der Waals surface area contributed by atoms with E-state index in [9.17, 15) is 8.42 Å². The first-order valence-corrected chi connectivity index (χ1v) is 9.73. The first-order chi connectivity index (χ1) is 11.3. The monoisotopic (exact) mass is 352 g/mol. The van der Waals surface area contributed by atoms with Crippen molar-refractivity contribution in [3.05, 3.63) is 28.8 Å². The van der Waals surface area contributed by atoms with Crippen molar-refractivity contribution in [1.82, 2.24) is 4.83 Å². The van der Waals surface area contributed by atoms with Gasteiger partial charge in [-0.15, -0.1) is 0 Å². The lowest BCUT2D eigenvalue weighted by molar-refractivity contribution is -0.167. The molecule has 1 N–H and O–H groups in total. The summed E-state index contributed by atoms with van der Waals surface area (Å²) in [6.07, 6.45) is 2.79. The summed E-state index contributed by atoms with van der Waals surface area (Å²) in [5, 5.41) is 4.16. The van der Waals surface area contributed by atoms with Crippen molar-refractivity contribution in [3.63, 3.8) is 0 Å². The third-order valence-corrected chi connectivity index (χ3v) is 6.11. The maximum absolute atomic E-state index is 12.6. The van der Waals surface area contributed by atoms with E-state index in [1.165, 1.54) is 0 Å². The highest BCUT2D eigenvalue weighted by atomic mass is 32.2. The lowest BCUT2D eigenvalue weighted by Crippen LogP contribution is -2.36. The summed E-state index contributed by atoms with van der Waals surface area (Å²) in [6, 6.07) is 3.74. The lowest BCUT2D eigenvalue weighted by atomic mass is 9.92. The number of hydrogen-bond acceptors (Lipinski definition) is 5. The van der Waals surface area contributed by atoms with Crippen LogP contribution in [0.25, 0.3) is 0 Å². The maximum atomic E-state index is 12.6. The van der Waals surface area contributed by atoms with E-state index in [1.54, 1.807) is 13.8 Å². The van der Waals surface area contributed by atoms with Crippen molar-refractivity contribution in [2.45, 2.75) is 57.1 Å². The summed E-state index contributed by atoms with van der Waals surface area (Å²) in [6.45, 7) is 6.83. The van der Waals surface area contributed by atoms with Gasteiger partial charge in [0.1, 0.15) is 0 Å². The molecule has 1 aliphatic heterocycles. The van der Waals surface area contributed by atoms with Gasteiger partial charge in [0, 0.05) is 18.6 Å². The van der Waals surface area contributed by atoms with Crippen LogP contribution in [0, 0.1) is 20.8 Å². The summed E-state index contributed by atoms with van der Waals surface area (Å²) < 4.78 is 36.6. The zero-order valence-corrected chi connectivity index (χ0v) is 15.2. The fraction of sp³-hybridized carbons (Fsp3) is 0.588. The topological polar surface area (TPSA) is 77.0 Å². The average Bonchev–Trinajstić information content (AvgIpc) is 2.94. The predicted molar refractivity (Wildman–Crippen MR) is 91.5 cm³/mol. The molecule has 0 radical (unpaired) electrons. The minimum Gasteiger partial charge on any atom is -0.348 e. The fourth-order valence-electron chi connectivity index (χ4n) is 3.58. The van der Waals surface area contributed by atoms with Gasteiger partial charge in [-0.25, -0.2) is 4.83 Å². The Hall–Kier alpha value is -1.44. The quantitative estimate of drug-likeness (QED) is 0.848. The number of ether oxygens (including phenoxy) is 2. The van der Waals surface area contributed by atoms with E-state index >= 15 is 0 Å². The number of nitrogens with one attached hydrogen (secondary N) is 1. The van der Waals surface area contributed by atoms with Gasteiger partial charge in [-0.3, -0.25) is 0 Å². The van der Waals surface area contributed by atoms with Crippen molar-refractivity contribution in [2.24, 2.45) is 5.10 Å². The van der Waals surface area contributed by atoms with Crippen LogP contribution < -0.4 is 4.83 Å². The molecule has 1 saturated heterocycles. The van der Waals surface area contributed by atoms with E-state index in [0.29, 0.717) is 31.0 Å². The standard InChI is InChI=1S/C17H24N2O4S/c1-12-10-13(2)16(14(3)11-12)24(20,21)19-18-15-4-6-17(7-5-15)22-8-9-23-17/h10-11,19H,4-9H2,1-3H3. The zero-order chi connectivity index (χ0) is 17.4. The Bertz CT molecular complexity index is 730. The van der Waals surface area contributed by atoms with Crippen molar-refractivity contribution in [2.75, 3.05) is 13.2 Å². The molecule has 1 spiro atoms. The molecule has 7 heteroatoms. The second-order valence-electron chi connectivity index (χ2n) is 6.61. The Morgan fingerprint density at radius 1 is 1.04 bits per heavy atom. The van der Waals surface area contributed by atoms with Crippen LogP contribution in [-0.2, 0) is 19.5 Å². The molecule has 1 aromatic rings. The summed E-state index contributed by atoms with van der Waals surface area (Å²) in [7, 11) is -3.67. The Morgan fingerprint density at radius 2 is 1.58 bits per heavy atom. The normalized spacial score (nSPS) is 20.4. The summed E-state index contributed by atoms with van der Waals surface area (Å²) >= 11 is 0. The summed E-state index contributed by atoms with van der Waals surface area (Å²) in [5.74, 6) is -0.470. The van der Waals surface area contributed by atoms with Crippen LogP contribution >= 0.6 is 0 Å². The van der Waals surface area contributed by atoms with Gasteiger partial charge < -0.3 is 9.47 Å². The minimum atomic E-state index is -3.67. The van der Waals surface area contributed by atoms with Crippen molar-refractivity contribution >= 4 is 15.7 Å². The number of aryl methyl sites for hydroxylation is 3. The van der Waals surface area contributed by atoms with Gasteiger partial charge in [0.15, 0.2) is 5.79 Å². The van der Waals surface area contributed by atoms with Gasteiger partial charge in [0.25, 0.3) is 10.0 Å². The van der Waals surface area contributed by atoms with Gasteiger partial charge in [-0.05, 0) is 44.7 Å². The number of benzene rings is 1. The van der Waals surface area contributed by atoms with E-state index < -0.39 is 15.8 Å². The fourth-order valence-corrected chi connectivity index (χ4v) is 4.88. The number of hydrazone groups is 1. The van der Waals surface area contributed by atoms with E-state index in [1.807, 2.05) is 19.1 Å². The van der Waals surface area contributed by atoms with Crippen LogP contribution in [0.4, 0.5) is 0 Å². The van der Waals surface area contributed by atoms with Gasteiger partial charge >= 0.3 is 0 Å². The molecule has 24 heavy (non-hydrogen) atoms. The first-order valence-electron chi connectivity index (χ1n) is 8.24. The molecule has 0 unspecified atom stereocenters. The zero-order valence-electron chi connectivity index (χ0n) is 14.4. The van der Waals surface area contributed by atoms with E-state index in [2.05, 4.69) is 9.93 Å². The van der Waals surface area contributed by atoms with E-state index in [4.69, 9.17) is 9.47 Å². The van der Waals surface area contributed by atoms with E-state index in [0.717, 1.165) is 35.2 Å². The minimum absolute atomic E-state index is 0.312. The van der Waals surface area contributed by atoms with Crippen molar-refractivity contribution < 1.29 is 17.9 Å². The largest absolute Gasteiger partial charge is 0.348 e. The maximum Gasteiger partial charge on any atom is 0.277 e. The molecule has 0 aromatic heterocycles. The average molecular weight is 352 g/mol. The Balaban J connectivity index is 1.72. The first kappa shape index (κ1) is 17.4. The number of hydrogen-bond donors (Lipinski definition) is 1. The highest BCUT2D eigenvalue weighted by Crippen LogP contribution is 2.34. The van der Waals surface area contributed by atoms with Crippen molar-refractivity contribution in [1.29, 1.82) is 0 Å². The number of sulfonamides is 1. The molecular weight excluding hydrogens is 328 g/mol. The van der Waals surface area contributed by atoms with Crippen LogP contribution in [0.2, 0.25) is 0 Å². The third kappa shape index (κ3) is 3.48. The molecule has 1 aromatic carbocycles. The Kier molecular flexibility index (Phi) is 4.68. The third-order valence-electron chi connectivity index (χ3n) is 4.60. The molecule has 2 aliphatic rings. The van der Waals surface area contributed by atoms with Gasteiger partial charge in [-0.2, -0.15) is 13.5 Å². The van der Waals surface area contributed by atoms with Gasteiger partial charge in [0.05, 0.1) is 18.1 Å². The van der Waals surface area contributed by atoms with Gasteiger partial charge in [0.2, 0.25) is 0 Å². The number of nitrogens with zero attached hydrogens (tertiary/aromatic N) is 1. The molecule has 3 rings (SSSR count). The smallest absolute Gasteiger partial charge is 0.277 e. The predicted octanol–water partition coefficient (Wildman–Crippen LogP) is 2.56. The van der Waals surface area contributed by atoms with E-state index in [-0.39, 0.29) is 0 Å². The molecule has 0 amide bonds. The molecule has 1 saturated carbocycles. The molecule has 0 bridgehead atoms. The summed E-state index contributed by atoms with van der Waals surface area (Å²) in [5.41, 5.74) is 3.35. The molecule has 2 fully saturated rings. The summed E-state index contributed by atoms with van der Waals surface area (Å²) in [4.78, 5) is 2.72. The SMILES string of the molecule is Cc1cc(C)c(S(=O)(=O)NN=C2CCC3(CC2)OCCO3)c(C)c1. The van der Waals surface area contributed by atoms with Crippen LogP contribution in [-0.4, -0.2) is 33.1 Å². The Labute approximate surface area is 143 Å². The second-order valence-corrected chi connectivity index (χ2v) is 8.21.